The molecule has 7 heteroatoms. The van der Waals surface area contributed by atoms with Crippen molar-refractivity contribution in [2.45, 2.75) is 13.5 Å². The predicted molar refractivity (Wildman–Crippen MR) is 98.6 cm³/mol. The van der Waals surface area contributed by atoms with Crippen molar-refractivity contribution < 1.29 is 4.92 Å². The summed E-state index contributed by atoms with van der Waals surface area (Å²) in [5, 5.41) is 13.7. The van der Waals surface area contributed by atoms with Gasteiger partial charge in [0.2, 0.25) is 0 Å². The molecule has 0 atom stereocenters. The first kappa shape index (κ1) is 17.9. The van der Waals surface area contributed by atoms with Crippen molar-refractivity contribution in [3.05, 3.63) is 69.8 Å². The maximum atomic E-state index is 10.7. The second-order valence-corrected chi connectivity index (χ2v) is 4.62. The molecule has 3 N–H and O–H groups in total. The molecule has 0 heterocycles. The lowest BCUT2D eigenvalue weighted by atomic mass is 10.2. The van der Waals surface area contributed by atoms with Crippen LogP contribution in [0.5, 0.6) is 0 Å². The number of benzene rings is 2. The third kappa shape index (κ3) is 5.32. The Kier molecular flexibility index (Phi) is 6.77. The number of anilines is 1. The lowest BCUT2D eigenvalue weighted by molar-refractivity contribution is -0.384. The summed E-state index contributed by atoms with van der Waals surface area (Å²) in [6.45, 7) is 2.29. The van der Waals surface area contributed by atoms with E-state index in [1.54, 1.807) is 12.1 Å². The van der Waals surface area contributed by atoms with Gasteiger partial charge in [0.05, 0.1) is 11.5 Å². The number of rotatable bonds is 4. The fourth-order valence-corrected chi connectivity index (χ4v) is 1.77. The third-order valence-corrected chi connectivity index (χ3v) is 2.88. The normalized spacial score (nSPS) is 10.7. The zero-order valence-electron chi connectivity index (χ0n) is 12.0. The molecular formula is C15H17IN4O2. The number of halogens is 1. The number of non-ortho nitro benzene ring substituents is 1. The molecule has 0 bridgehead atoms. The van der Waals surface area contributed by atoms with E-state index in [1.165, 1.54) is 12.1 Å². The Labute approximate surface area is 145 Å². The number of nitrogens with two attached hydrogens (primary N) is 1. The van der Waals surface area contributed by atoms with Crippen LogP contribution in [0.1, 0.15) is 11.1 Å². The standard InChI is InChI=1S/C15H16N4O2.HI/c1-11-5-7-13(8-6-11)18-15(16)17-10-12-3-2-4-14(9-12)19(20)21;/h2-9H,10H2,1H3,(H3,16,17,18);1H. The lowest BCUT2D eigenvalue weighted by Crippen LogP contribution is -2.22. The number of aliphatic imine (C=N–C) groups is 1. The summed E-state index contributed by atoms with van der Waals surface area (Å²) >= 11 is 0. The molecule has 0 fully saturated rings. The Balaban J connectivity index is 0.00000242. The molecule has 0 aromatic heterocycles. The van der Waals surface area contributed by atoms with E-state index >= 15 is 0 Å². The Hall–Kier alpha value is -2.16. The lowest BCUT2D eigenvalue weighted by Gasteiger charge is -2.06. The van der Waals surface area contributed by atoms with Gasteiger partial charge in [-0.15, -0.1) is 24.0 Å². The van der Waals surface area contributed by atoms with Crippen LogP contribution in [0.2, 0.25) is 0 Å². The predicted octanol–water partition coefficient (Wildman–Crippen LogP) is 3.45. The van der Waals surface area contributed by atoms with Crippen LogP contribution in [0.4, 0.5) is 11.4 Å². The fourth-order valence-electron chi connectivity index (χ4n) is 1.77. The van der Waals surface area contributed by atoms with Crippen molar-refractivity contribution in [3.63, 3.8) is 0 Å². The van der Waals surface area contributed by atoms with E-state index < -0.39 is 4.92 Å². The zero-order chi connectivity index (χ0) is 15.2. The van der Waals surface area contributed by atoms with Gasteiger partial charge in [-0.1, -0.05) is 29.8 Å². The minimum atomic E-state index is -0.429. The molecule has 2 aromatic carbocycles. The van der Waals surface area contributed by atoms with Gasteiger partial charge in [0.15, 0.2) is 5.96 Å². The largest absolute Gasteiger partial charge is 0.370 e. The van der Waals surface area contributed by atoms with Crippen molar-refractivity contribution in [2.75, 3.05) is 5.32 Å². The Bertz CT molecular complexity index is 671. The van der Waals surface area contributed by atoms with Gasteiger partial charge >= 0.3 is 0 Å². The van der Waals surface area contributed by atoms with Gasteiger partial charge < -0.3 is 11.1 Å². The molecule has 0 saturated carbocycles. The molecule has 0 amide bonds. The van der Waals surface area contributed by atoms with E-state index in [9.17, 15) is 10.1 Å². The van der Waals surface area contributed by atoms with Crippen LogP contribution in [0.25, 0.3) is 0 Å². The first-order chi connectivity index (χ1) is 10.0. The quantitative estimate of drug-likeness (QED) is 0.265. The minimum absolute atomic E-state index is 0. The fraction of sp³-hybridized carbons (Fsp3) is 0.133. The van der Waals surface area contributed by atoms with Crippen LogP contribution < -0.4 is 11.1 Å². The van der Waals surface area contributed by atoms with Crippen molar-refractivity contribution in [1.29, 1.82) is 0 Å². The van der Waals surface area contributed by atoms with Crippen LogP contribution in [-0.2, 0) is 6.54 Å². The number of hydrogen-bond donors (Lipinski definition) is 2. The van der Waals surface area contributed by atoms with E-state index in [2.05, 4.69) is 10.3 Å². The highest BCUT2D eigenvalue weighted by atomic mass is 127. The van der Waals surface area contributed by atoms with Crippen molar-refractivity contribution in [2.24, 2.45) is 10.7 Å². The molecule has 0 saturated heterocycles. The van der Waals surface area contributed by atoms with E-state index in [1.807, 2.05) is 31.2 Å². The SMILES string of the molecule is Cc1ccc(NC(N)=NCc2cccc([N+](=O)[O-])c2)cc1.I. The van der Waals surface area contributed by atoms with E-state index in [4.69, 9.17) is 5.73 Å². The van der Waals surface area contributed by atoms with Gasteiger partial charge in [0.1, 0.15) is 0 Å². The van der Waals surface area contributed by atoms with Crippen molar-refractivity contribution >= 4 is 41.3 Å². The van der Waals surface area contributed by atoms with Crippen molar-refractivity contribution in [1.82, 2.24) is 0 Å². The highest BCUT2D eigenvalue weighted by molar-refractivity contribution is 14.0. The molecule has 2 rings (SSSR count). The summed E-state index contributed by atoms with van der Waals surface area (Å²) in [5.74, 6) is 0.269. The van der Waals surface area contributed by atoms with Crippen LogP contribution in [-0.4, -0.2) is 10.9 Å². The van der Waals surface area contributed by atoms with Gasteiger partial charge in [0.25, 0.3) is 5.69 Å². The van der Waals surface area contributed by atoms with Gasteiger partial charge in [-0.05, 0) is 24.6 Å². The van der Waals surface area contributed by atoms with Crippen LogP contribution in [0, 0.1) is 17.0 Å². The summed E-state index contributed by atoms with van der Waals surface area (Å²) in [4.78, 5) is 14.4. The maximum absolute atomic E-state index is 10.7. The van der Waals surface area contributed by atoms with Crippen LogP contribution >= 0.6 is 24.0 Å². The number of nitro groups is 1. The number of nitrogens with zero attached hydrogens (tertiary/aromatic N) is 2. The molecule has 22 heavy (non-hydrogen) atoms. The minimum Gasteiger partial charge on any atom is -0.370 e. The molecule has 116 valence electrons. The third-order valence-electron chi connectivity index (χ3n) is 2.88. The summed E-state index contributed by atoms with van der Waals surface area (Å²) in [5.41, 5.74) is 8.59. The summed E-state index contributed by atoms with van der Waals surface area (Å²) in [6.07, 6.45) is 0. The van der Waals surface area contributed by atoms with Gasteiger partial charge in [-0.2, -0.15) is 0 Å². The zero-order valence-corrected chi connectivity index (χ0v) is 14.4. The highest BCUT2D eigenvalue weighted by Crippen LogP contribution is 2.14. The molecule has 6 nitrogen and oxygen atoms in total. The number of nitro benzene ring substituents is 1. The Morgan fingerprint density at radius 3 is 2.59 bits per heavy atom. The number of nitrogens with one attached hydrogen (secondary N) is 1. The first-order valence-electron chi connectivity index (χ1n) is 6.41. The molecule has 0 unspecified atom stereocenters. The average Bonchev–Trinajstić information content (AvgIpc) is 2.48. The molecular weight excluding hydrogens is 395 g/mol. The Morgan fingerprint density at radius 1 is 1.27 bits per heavy atom. The smallest absolute Gasteiger partial charge is 0.269 e. The van der Waals surface area contributed by atoms with Gasteiger partial charge in [-0.3, -0.25) is 10.1 Å². The van der Waals surface area contributed by atoms with E-state index in [-0.39, 0.29) is 42.2 Å². The molecule has 0 aliphatic heterocycles. The molecule has 0 aliphatic carbocycles. The summed E-state index contributed by atoms with van der Waals surface area (Å²) < 4.78 is 0. The molecule has 2 aromatic rings. The Morgan fingerprint density at radius 2 is 1.95 bits per heavy atom. The highest BCUT2D eigenvalue weighted by Gasteiger charge is 2.05. The summed E-state index contributed by atoms with van der Waals surface area (Å²) in [7, 11) is 0. The van der Waals surface area contributed by atoms with Crippen LogP contribution in [0.3, 0.4) is 0 Å². The van der Waals surface area contributed by atoms with E-state index in [0.29, 0.717) is 0 Å². The first-order valence-corrected chi connectivity index (χ1v) is 6.41. The number of guanidine groups is 1. The number of aryl methyl sites for hydroxylation is 1. The summed E-state index contributed by atoms with van der Waals surface area (Å²) in [6, 6.07) is 14.1. The topological polar surface area (TPSA) is 93.5 Å². The molecule has 0 radical (unpaired) electrons. The second kappa shape index (κ2) is 8.32. The second-order valence-electron chi connectivity index (χ2n) is 4.62. The van der Waals surface area contributed by atoms with Crippen LogP contribution in [0.15, 0.2) is 53.5 Å². The average molecular weight is 412 g/mol. The van der Waals surface area contributed by atoms with Gasteiger partial charge in [-0.25, -0.2) is 4.99 Å². The maximum Gasteiger partial charge on any atom is 0.269 e. The van der Waals surface area contributed by atoms with E-state index in [0.717, 1.165) is 16.8 Å². The number of hydrogen-bond acceptors (Lipinski definition) is 3. The monoisotopic (exact) mass is 412 g/mol. The molecule has 0 aliphatic rings. The van der Waals surface area contributed by atoms with Crippen molar-refractivity contribution in [3.8, 4) is 0 Å². The molecule has 0 spiro atoms. The van der Waals surface area contributed by atoms with Gasteiger partial charge in [0, 0.05) is 17.8 Å².